The maximum atomic E-state index is 12.0. The minimum Gasteiger partial charge on any atom is -0.368 e. The van der Waals surface area contributed by atoms with E-state index in [-0.39, 0.29) is 59.7 Å². The molecule has 1 aromatic carbocycles. The van der Waals surface area contributed by atoms with Crippen LogP contribution in [0.4, 0.5) is 0 Å². The third-order valence-corrected chi connectivity index (χ3v) is 3.22. The molecule has 0 bridgehead atoms. The SMILES string of the molecule is [B]C1(C)NC(=O)C(c2[c-]c(C)[c-]cc2C)=C1C.[W].[Y]. The minimum atomic E-state index is -0.764. The maximum Gasteiger partial charge on any atom is 0.168 e. The Balaban J connectivity index is 0.00000162. The molecule has 1 amide bonds. The Morgan fingerprint density at radius 2 is 1.89 bits per heavy atom. The fourth-order valence-electron chi connectivity index (χ4n) is 1.99. The van der Waals surface area contributed by atoms with Crippen molar-refractivity contribution in [3.8, 4) is 0 Å². The molecule has 1 N–H and O–H groups in total. The van der Waals surface area contributed by atoms with Gasteiger partial charge in [0.1, 0.15) is 7.85 Å². The Kier molecular flexibility index (Phi) is 6.93. The molecule has 0 aromatic heterocycles. The Bertz CT molecular complexity index is 540. The van der Waals surface area contributed by atoms with E-state index >= 15 is 0 Å². The average Bonchev–Trinajstić information content (AvgIpc) is 2.41. The van der Waals surface area contributed by atoms with Crippen LogP contribution in [0, 0.1) is 26.0 Å². The number of rotatable bonds is 1. The maximum absolute atomic E-state index is 12.0. The van der Waals surface area contributed by atoms with E-state index in [1.165, 1.54) is 0 Å². The van der Waals surface area contributed by atoms with Crippen molar-refractivity contribution >= 4 is 19.3 Å². The molecule has 2 rings (SSSR count). The number of benzene rings is 1. The van der Waals surface area contributed by atoms with E-state index in [9.17, 15) is 4.79 Å². The molecule has 1 aliphatic rings. The van der Waals surface area contributed by atoms with Gasteiger partial charge in [-0.3, -0.25) is 22.5 Å². The van der Waals surface area contributed by atoms with E-state index in [2.05, 4.69) is 17.4 Å². The summed E-state index contributed by atoms with van der Waals surface area (Å²) in [7, 11) is 6.02. The summed E-state index contributed by atoms with van der Waals surface area (Å²) >= 11 is 0. The summed E-state index contributed by atoms with van der Waals surface area (Å²) in [5.41, 5.74) is 3.43. The number of hydrogen-bond acceptors (Lipinski definition) is 1. The Hall–Kier alpha value is 0.287. The first-order valence-corrected chi connectivity index (χ1v) is 5.57. The molecule has 1 aromatic rings. The van der Waals surface area contributed by atoms with Crippen LogP contribution in [0.25, 0.3) is 5.57 Å². The second-order valence-corrected chi connectivity index (χ2v) is 4.75. The molecular weight excluding hydrogens is 482 g/mol. The predicted octanol–water partition coefficient (Wildman–Crippen LogP) is 1.69. The van der Waals surface area contributed by atoms with Gasteiger partial charge in [-0.1, -0.05) is 13.8 Å². The molecule has 0 fully saturated rings. The second kappa shape index (κ2) is 6.83. The third-order valence-electron chi connectivity index (χ3n) is 3.22. The van der Waals surface area contributed by atoms with Gasteiger partial charge in [-0.05, 0) is 6.92 Å². The molecule has 1 atom stereocenters. The van der Waals surface area contributed by atoms with Gasteiger partial charge in [0.05, 0.1) is 0 Å². The Morgan fingerprint density at radius 1 is 1.32 bits per heavy atom. The van der Waals surface area contributed by atoms with Crippen molar-refractivity contribution < 1.29 is 58.6 Å². The van der Waals surface area contributed by atoms with Crippen LogP contribution in [0.15, 0.2) is 11.6 Å². The van der Waals surface area contributed by atoms with E-state index in [0.717, 1.165) is 22.3 Å². The van der Waals surface area contributed by atoms with Gasteiger partial charge in [-0.15, -0.1) is 18.1 Å². The summed E-state index contributed by atoms with van der Waals surface area (Å²) in [4.78, 5) is 12.0. The van der Waals surface area contributed by atoms with Crippen LogP contribution >= 0.6 is 0 Å². The van der Waals surface area contributed by atoms with Crippen LogP contribution in [0.3, 0.4) is 0 Å². The minimum absolute atomic E-state index is 0. The summed E-state index contributed by atoms with van der Waals surface area (Å²) in [5.74, 6) is -0.127. The van der Waals surface area contributed by atoms with Crippen LogP contribution in [0.2, 0.25) is 0 Å². The Labute approximate surface area is 155 Å². The van der Waals surface area contributed by atoms with E-state index < -0.39 is 5.44 Å². The second-order valence-electron chi connectivity index (χ2n) is 4.75. The first-order valence-electron chi connectivity index (χ1n) is 5.57. The van der Waals surface area contributed by atoms with Crippen LogP contribution in [-0.4, -0.2) is 19.2 Å². The molecule has 0 saturated heterocycles. The Morgan fingerprint density at radius 3 is 2.37 bits per heavy atom. The van der Waals surface area contributed by atoms with Gasteiger partial charge in [0.25, 0.3) is 0 Å². The van der Waals surface area contributed by atoms with Crippen molar-refractivity contribution in [2.75, 3.05) is 0 Å². The van der Waals surface area contributed by atoms with E-state index in [4.69, 9.17) is 7.85 Å². The van der Waals surface area contributed by atoms with Crippen molar-refractivity contribution in [2.45, 2.75) is 33.1 Å². The monoisotopic (exact) mass is 496 g/mol. The van der Waals surface area contributed by atoms with E-state index in [1.54, 1.807) is 6.92 Å². The van der Waals surface area contributed by atoms with Gasteiger partial charge < -0.3 is 5.32 Å². The predicted molar refractivity (Wildman–Crippen MR) is 68.5 cm³/mol. The molecule has 1 aliphatic heterocycles. The third kappa shape index (κ3) is 3.68. The first kappa shape index (κ1) is 19.3. The molecule has 19 heavy (non-hydrogen) atoms. The summed E-state index contributed by atoms with van der Waals surface area (Å²) in [6.07, 6.45) is 0. The summed E-state index contributed by atoms with van der Waals surface area (Å²) < 4.78 is 0. The molecule has 5 heteroatoms. The molecule has 95 valence electrons. The fourth-order valence-corrected chi connectivity index (χ4v) is 1.99. The largest absolute Gasteiger partial charge is 0.368 e. The van der Waals surface area contributed by atoms with Gasteiger partial charge in [0, 0.05) is 59.2 Å². The molecule has 0 saturated carbocycles. The van der Waals surface area contributed by atoms with Gasteiger partial charge in [-0.2, -0.15) is 0 Å². The molecule has 2 nitrogen and oxygen atoms in total. The van der Waals surface area contributed by atoms with Gasteiger partial charge in [0.15, 0.2) is 5.91 Å². The fraction of sp³-hybridized carbons (Fsp3) is 0.357. The van der Waals surface area contributed by atoms with Gasteiger partial charge in [0.2, 0.25) is 0 Å². The molecular formula is C14H14BNOWY-2. The number of aryl methyl sites for hydroxylation is 2. The molecule has 1 heterocycles. The summed E-state index contributed by atoms with van der Waals surface area (Å²) in [6.45, 7) is 7.53. The van der Waals surface area contributed by atoms with Crippen LogP contribution in [0.1, 0.15) is 30.5 Å². The van der Waals surface area contributed by atoms with Gasteiger partial charge >= 0.3 is 0 Å². The summed E-state index contributed by atoms with van der Waals surface area (Å²) in [5, 5.41) is 2.77. The topological polar surface area (TPSA) is 29.1 Å². The van der Waals surface area contributed by atoms with Crippen molar-refractivity contribution in [3.05, 3.63) is 40.5 Å². The van der Waals surface area contributed by atoms with Crippen LogP contribution in [0.5, 0.6) is 0 Å². The summed E-state index contributed by atoms with van der Waals surface area (Å²) in [6, 6.07) is 8.13. The molecule has 3 radical (unpaired) electrons. The normalized spacial score (nSPS) is 21.6. The van der Waals surface area contributed by atoms with Gasteiger partial charge in [-0.25, -0.2) is 17.2 Å². The van der Waals surface area contributed by atoms with Crippen LogP contribution < -0.4 is 5.32 Å². The quantitative estimate of drug-likeness (QED) is 0.466. The first-order chi connectivity index (χ1) is 7.83. The zero-order valence-electron chi connectivity index (χ0n) is 11.5. The number of carbonyl (C=O) groups excluding carboxylic acids is 1. The molecule has 0 aliphatic carbocycles. The standard InChI is InChI=1S/C14H14BNO.W.Y/c1-8-5-6-9(2)11(7-8)12-10(3)14(4,15)16-13(12)17;;/h6H,1-4H3,(H,16,17);;/q-2;;. The average molecular weight is 496 g/mol. The zero-order valence-corrected chi connectivity index (χ0v) is 17.3. The smallest absolute Gasteiger partial charge is 0.168 e. The number of amides is 1. The van der Waals surface area contributed by atoms with Crippen molar-refractivity contribution in [3.63, 3.8) is 0 Å². The van der Waals surface area contributed by atoms with Crippen molar-refractivity contribution in [1.29, 1.82) is 0 Å². The van der Waals surface area contributed by atoms with E-state index in [0.29, 0.717) is 5.57 Å². The number of carbonyl (C=O) groups is 1. The number of nitrogens with one attached hydrogen (secondary N) is 1. The van der Waals surface area contributed by atoms with Crippen LogP contribution in [-0.2, 0) is 58.6 Å². The van der Waals surface area contributed by atoms with Crippen molar-refractivity contribution in [1.82, 2.24) is 5.32 Å². The molecule has 0 spiro atoms. The van der Waals surface area contributed by atoms with Crippen molar-refractivity contribution in [2.24, 2.45) is 0 Å². The zero-order chi connectivity index (χ0) is 12.8. The molecule has 1 unspecified atom stereocenters. The van der Waals surface area contributed by atoms with E-state index in [1.807, 2.05) is 26.8 Å². The number of hydrogen-bond donors (Lipinski definition) is 1.